The van der Waals surface area contributed by atoms with Crippen LogP contribution in [0.2, 0.25) is 0 Å². The van der Waals surface area contributed by atoms with Gasteiger partial charge in [0.25, 0.3) is 0 Å². The molecule has 1 saturated heterocycles. The summed E-state index contributed by atoms with van der Waals surface area (Å²) in [6.45, 7) is 4.59. The second-order valence-electron chi connectivity index (χ2n) is 8.16. The summed E-state index contributed by atoms with van der Waals surface area (Å²) < 4.78 is 21.2. The molecule has 170 valence electrons. The Bertz CT molecular complexity index is 1100. The number of nitrogens with zero attached hydrogens (tertiary/aromatic N) is 4. The predicted octanol–water partition coefficient (Wildman–Crippen LogP) is 3.67. The van der Waals surface area contributed by atoms with E-state index in [2.05, 4.69) is 24.4 Å². The van der Waals surface area contributed by atoms with Crippen molar-refractivity contribution < 1.29 is 19.0 Å². The van der Waals surface area contributed by atoms with E-state index in [1.165, 1.54) is 0 Å². The molecule has 32 heavy (non-hydrogen) atoms. The molecule has 4 bridgehead atoms. The maximum absolute atomic E-state index is 11.9. The van der Waals surface area contributed by atoms with Crippen LogP contribution >= 0.6 is 0 Å². The molecule has 1 fully saturated rings. The van der Waals surface area contributed by atoms with Gasteiger partial charge in [0.1, 0.15) is 23.7 Å². The smallest absolute Gasteiger partial charge is 0.407 e. The van der Waals surface area contributed by atoms with Gasteiger partial charge in [0.05, 0.1) is 18.7 Å². The minimum atomic E-state index is -0.419. The summed E-state index contributed by atoms with van der Waals surface area (Å²) in [5.74, 6) is 0.771. The predicted molar refractivity (Wildman–Crippen MR) is 119 cm³/mol. The Morgan fingerprint density at radius 3 is 2.88 bits per heavy atom. The number of benzene rings is 1. The van der Waals surface area contributed by atoms with E-state index in [9.17, 15) is 4.79 Å². The number of alkyl carbamates (subject to hydrolysis) is 1. The molecule has 3 aromatic rings. The maximum atomic E-state index is 11.9. The first-order chi connectivity index (χ1) is 15.7. The van der Waals surface area contributed by atoms with Gasteiger partial charge in [-0.15, -0.1) is 0 Å². The summed E-state index contributed by atoms with van der Waals surface area (Å²) in [6.07, 6.45) is 4.18. The van der Waals surface area contributed by atoms with E-state index in [4.69, 9.17) is 24.4 Å². The molecule has 1 atom stereocenters. The van der Waals surface area contributed by atoms with Crippen molar-refractivity contribution in [2.45, 2.75) is 51.8 Å². The highest BCUT2D eigenvalue weighted by atomic mass is 16.5. The molecule has 0 aliphatic carbocycles. The summed E-state index contributed by atoms with van der Waals surface area (Å²) in [4.78, 5) is 11.9. The first-order valence-corrected chi connectivity index (χ1v) is 11.5. The van der Waals surface area contributed by atoms with Crippen molar-refractivity contribution in [3.63, 3.8) is 0 Å². The summed E-state index contributed by atoms with van der Waals surface area (Å²) in [5.41, 5.74) is 3.70. The van der Waals surface area contributed by atoms with Crippen molar-refractivity contribution in [3.05, 3.63) is 30.0 Å². The third-order valence-corrected chi connectivity index (χ3v) is 5.97. The van der Waals surface area contributed by atoms with E-state index in [1.54, 1.807) is 0 Å². The quantitative estimate of drug-likeness (QED) is 0.655. The normalized spacial score (nSPS) is 20.0. The van der Waals surface area contributed by atoms with Crippen molar-refractivity contribution in [1.29, 1.82) is 0 Å². The number of ether oxygens (including phenoxy) is 3. The van der Waals surface area contributed by atoms with Gasteiger partial charge in [0, 0.05) is 24.2 Å². The number of hydrogen-bond acceptors (Lipinski definition) is 6. The molecule has 0 radical (unpaired) electrons. The topological polar surface area (TPSA) is 92.4 Å². The maximum Gasteiger partial charge on any atom is 0.407 e. The lowest BCUT2D eigenvalue weighted by Crippen LogP contribution is -2.27. The number of hydrogen-bond donors (Lipinski definition) is 1. The number of amides is 1. The van der Waals surface area contributed by atoms with Crippen LogP contribution in [-0.4, -0.2) is 52.0 Å². The number of cyclic esters (lactones) is 1. The van der Waals surface area contributed by atoms with Crippen LogP contribution in [0.3, 0.4) is 0 Å². The monoisotopic (exact) mass is 439 g/mol. The van der Waals surface area contributed by atoms with Gasteiger partial charge >= 0.3 is 6.09 Å². The number of rotatable bonds is 2. The van der Waals surface area contributed by atoms with Gasteiger partial charge < -0.3 is 19.5 Å². The van der Waals surface area contributed by atoms with Crippen LogP contribution in [0.5, 0.6) is 5.75 Å². The van der Waals surface area contributed by atoms with Crippen molar-refractivity contribution in [1.82, 2.24) is 24.9 Å². The minimum absolute atomic E-state index is 0.0703. The number of carbonyl (C=O) groups is 1. The lowest BCUT2D eigenvalue weighted by molar-refractivity contribution is -0.0365. The van der Waals surface area contributed by atoms with Gasteiger partial charge in [-0.3, -0.25) is 4.68 Å². The fourth-order valence-electron chi connectivity index (χ4n) is 4.31. The van der Waals surface area contributed by atoms with E-state index < -0.39 is 6.09 Å². The van der Waals surface area contributed by atoms with Crippen LogP contribution < -0.4 is 10.1 Å². The number of aromatic nitrogens is 4. The summed E-state index contributed by atoms with van der Waals surface area (Å²) in [5, 5.41) is 13.6. The summed E-state index contributed by atoms with van der Waals surface area (Å²) in [7, 11) is 0. The third-order valence-electron chi connectivity index (χ3n) is 5.97. The zero-order chi connectivity index (χ0) is 21.9. The molecule has 1 amide bonds. The molecule has 4 heterocycles. The SMILES string of the molecule is CCc1cc2nn1CCOC(=O)NCCCOc1ccc3c(c1)c-2nn3C1CCCCO1. The largest absolute Gasteiger partial charge is 0.494 e. The lowest BCUT2D eigenvalue weighted by Gasteiger charge is -2.23. The van der Waals surface area contributed by atoms with Gasteiger partial charge in [-0.05, 0) is 56.4 Å². The highest BCUT2D eigenvalue weighted by molar-refractivity contribution is 5.93. The van der Waals surface area contributed by atoms with Crippen LogP contribution in [0, 0.1) is 0 Å². The van der Waals surface area contributed by atoms with Crippen molar-refractivity contribution in [2.75, 3.05) is 26.4 Å². The van der Waals surface area contributed by atoms with Crippen LogP contribution in [0.1, 0.15) is 44.5 Å². The molecule has 0 saturated carbocycles. The number of fused-ring (bicyclic) bond motifs is 4. The lowest BCUT2D eigenvalue weighted by atomic mass is 10.1. The van der Waals surface area contributed by atoms with Gasteiger partial charge in [-0.1, -0.05) is 6.92 Å². The van der Waals surface area contributed by atoms with Gasteiger partial charge in [-0.25, -0.2) is 9.48 Å². The van der Waals surface area contributed by atoms with E-state index >= 15 is 0 Å². The average Bonchev–Trinajstić information content (AvgIpc) is 3.40. The highest BCUT2D eigenvalue weighted by Crippen LogP contribution is 2.34. The van der Waals surface area contributed by atoms with Gasteiger partial charge in [0.15, 0.2) is 6.23 Å². The van der Waals surface area contributed by atoms with E-state index in [0.717, 1.165) is 66.0 Å². The Balaban J connectivity index is 1.59. The molecule has 0 spiro atoms. The molecule has 9 nitrogen and oxygen atoms in total. The molecular weight excluding hydrogens is 410 g/mol. The molecular formula is C23H29N5O4. The highest BCUT2D eigenvalue weighted by Gasteiger charge is 2.23. The Labute approximate surface area is 186 Å². The Hall–Kier alpha value is -3.07. The fourth-order valence-corrected chi connectivity index (χ4v) is 4.31. The van der Waals surface area contributed by atoms with Crippen molar-refractivity contribution in [2.24, 2.45) is 0 Å². The van der Waals surface area contributed by atoms with E-state index in [1.807, 2.05) is 21.5 Å². The first kappa shape index (κ1) is 20.8. The fraction of sp³-hybridized carbons (Fsp3) is 0.522. The van der Waals surface area contributed by atoms with Gasteiger partial charge in [0.2, 0.25) is 0 Å². The zero-order valence-corrected chi connectivity index (χ0v) is 18.4. The molecule has 2 aromatic heterocycles. The van der Waals surface area contributed by atoms with Crippen molar-refractivity contribution in [3.8, 4) is 17.1 Å². The molecule has 5 rings (SSSR count). The van der Waals surface area contributed by atoms with E-state index in [0.29, 0.717) is 26.1 Å². The number of nitrogens with one attached hydrogen (secondary N) is 1. The minimum Gasteiger partial charge on any atom is -0.494 e. The molecule has 1 N–H and O–H groups in total. The molecule has 1 aromatic carbocycles. The number of aryl methyl sites for hydroxylation is 1. The molecule has 2 aliphatic heterocycles. The second-order valence-corrected chi connectivity index (χ2v) is 8.16. The zero-order valence-electron chi connectivity index (χ0n) is 18.4. The Kier molecular flexibility index (Phi) is 5.98. The van der Waals surface area contributed by atoms with Crippen LogP contribution in [-0.2, 0) is 22.4 Å². The second kappa shape index (κ2) is 9.20. The van der Waals surface area contributed by atoms with Crippen molar-refractivity contribution >= 4 is 17.0 Å². The molecule has 9 heteroatoms. The first-order valence-electron chi connectivity index (χ1n) is 11.5. The van der Waals surface area contributed by atoms with Crippen LogP contribution in [0.25, 0.3) is 22.3 Å². The average molecular weight is 440 g/mol. The molecule has 1 unspecified atom stereocenters. The number of carbonyl (C=O) groups excluding carboxylic acids is 1. The van der Waals surface area contributed by atoms with E-state index in [-0.39, 0.29) is 12.8 Å². The van der Waals surface area contributed by atoms with Crippen LogP contribution in [0.15, 0.2) is 24.3 Å². The summed E-state index contributed by atoms with van der Waals surface area (Å²) in [6, 6.07) is 8.12. The third kappa shape index (κ3) is 4.17. The standard InChI is InChI=1S/C23H29N5O4/c1-2-16-14-19-22-18-15-17(7-8-20(18)28(26-22)21-6-3-4-11-31-21)30-12-5-9-24-23(29)32-13-10-27(16)25-19/h7-8,14-15,21H,2-6,9-13H2,1H3,(H,24,29). The van der Waals surface area contributed by atoms with Crippen LogP contribution in [0.4, 0.5) is 4.79 Å². The Morgan fingerprint density at radius 2 is 2.03 bits per heavy atom. The summed E-state index contributed by atoms with van der Waals surface area (Å²) >= 11 is 0. The molecule has 2 aliphatic rings. The Morgan fingerprint density at radius 1 is 1.09 bits per heavy atom. The van der Waals surface area contributed by atoms with Gasteiger partial charge in [-0.2, -0.15) is 10.2 Å².